The lowest BCUT2D eigenvalue weighted by Crippen LogP contribution is -2.24. The first-order chi connectivity index (χ1) is 11.5. The lowest BCUT2D eigenvalue weighted by Gasteiger charge is -2.19. The normalized spacial score (nSPS) is 17.5. The highest BCUT2D eigenvalue weighted by molar-refractivity contribution is 8.13. The van der Waals surface area contributed by atoms with Crippen LogP contribution in [0.5, 0.6) is 0 Å². The third kappa shape index (κ3) is 3.41. The molecule has 24 heavy (non-hydrogen) atoms. The van der Waals surface area contributed by atoms with Gasteiger partial charge in [0, 0.05) is 48.4 Å². The van der Waals surface area contributed by atoms with Crippen molar-refractivity contribution < 1.29 is 9.59 Å². The monoisotopic (exact) mass is 342 g/mol. The molecule has 0 radical (unpaired) electrons. The third-order valence-electron chi connectivity index (χ3n) is 4.40. The average molecular weight is 342 g/mol. The molecule has 3 rings (SSSR count). The molecule has 126 valence electrons. The predicted octanol–water partition coefficient (Wildman–Crippen LogP) is 3.73. The SMILES string of the molecule is CC(=O)SCC1CC(=O)N(c2cccc(-n3c(C)ccc3C)c2)C1. The Hall–Kier alpha value is -2.01. The maximum Gasteiger partial charge on any atom is 0.227 e. The number of nitrogens with zero attached hydrogens (tertiary/aromatic N) is 2. The molecule has 2 heterocycles. The molecule has 2 aromatic rings. The van der Waals surface area contributed by atoms with Crippen LogP contribution in [0.15, 0.2) is 36.4 Å². The van der Waals surface area contributed by atoms with Crippen molar-refractivity contribution in [3.63, 3.8) is 0 Å². The molecule has 1 aromatic carbocycles. The molecule has 1 aliphatic heterocycles. The maximum atomic E-state index is 12.4. The number of carbonyl (C=O) groups is 2. The first-order valence-corrected chi connectivity index (χ1v) is 9.13. The van der Waals surface area contributed by atoms with Gasteiger partial charge in [0.1, 0.15) is 0 Å². The molecule has 5 heteroatoms. The zero-order valence-electron chi connectivity index (χ0n) is 14.3. The predicted molar refractivity (Wildman–Crippen MR) is 98.8 cm³/mol. The molecule has 4 nitrogen and oxygen atoms in total. The molecule has 1 saturated heterocycles. The molecule has 0 aliphatic carbocycles. The number of rotatable bonds is 4. The number of anilines is 1. The average Bonchev–Trinajstić information content (AvgIpc) is 3.08. The van der Waals surface area contributed by atoms with E-state index < -0.39 is 0 Å². The lowest BCUT2D eigenvalue weighted by molar-refractivity contribution is -0.117. The van der Waals surface area contributed by atoms with E-state index >= 15 is 0 Å². The fraction of sp³-hybridized carbons (Fsp3) is 0.368. The van der Waals surface area contributed by atoms with Gasteiger partial charge in [0.25, 0.3) is 0 Å². The molecule has 0 bridgehead atoms. The van der Waals surface area contributed by atoms with Gasteiger partial charge in [-0.2, -0.15) is 0 Å². The highest BCUT2D eigenvalue weighted by atomic mass is 32.2. The number of hydrogen-bond acceptors (Lipinski definition) is 3. The summed E-state index contributed by atoms with van der Waals surface area (Å²) >= 11 is 1.31. The van der Waals surface area contributed by atoms with Crippen molar-refractivity contribution in [3.8, 4) is 5.69 Å². The van der Waals surface area contributed by atoms with E-state index in [-0.39, 0.29) is 16.9 Å². The van der Waals surface area contributed by atoms with Gasteiger partial charge in [0.2, 0.25) is 5.91 Å². The van der Waals surface area contributed by atoms with Crippen LogP contribution in [0.1, 0.15) is 24.7 Å². The third-order valence-corrected chi connectivity index (χ3v) is 5.44. The summed E-state index contributed by atoms with van der Waals surface area (Å²) in [6.07, 6.45) is 0.520. The van der Waals surface area contributed by atoms with Crippen LogP contribution in [0, 0.1) is 19.8 Å². The summed E-state index contributed by atoms with van der Waals surface area (Å²) in [6, 6.07) is 12.3. The number of thioether (sulfide) groups is 1. The van der Waals surface area contributed by atoms with Crippen LogP contribution in [0.25, 0.3) is 5.69 Å². The van der Waals surface area contributed by atoms with Gasteiger partial charge in [0.05, 0.1) is 0 Å². The van der Waals surface area contributed by atoms with E-state index in [0.717, 1.165) is 11.4 Å². The summed E-state index contributed by atoms with van der Waals surface area (Å²) in [6.45, 7) is 6.42. The van der Waals surface area contributed by atoms with Gasteiger partial charge in [0.15, 0.2) is 5.12 Å². The Labute approximate surface area is 146 Å². The van der Waals surface area contributed by atoms with Gasteiger partial charge < -0.3 is 9.47 Å². The summed E-state index contributed by atoms with van der Waals surface area (Å²) in [5.74, 6) is 1.10. The van der Waals surface area contributed by atoms with Crippen molar-refractivity contribution in [2.24, 2.45) is 5.92 Å². The van der Waals surface area contributed by atoms with Crippen LogP contribution < -0.4 is 4.90 Å². The minimum atomic E-state index is 0.112. The van der Waals surface area contributed by atoms with Crippen molar-refractivity contribution in [2.45, 2.75) is 27.2 Å². The molecule has 0 spiro atoms. The van der Waals surface area contributed by atoms with Gasteiger partial charge in [-0.3, -0.25) is 9.59 Å². The zero-order chi connectivity index (χ0) is 17.3. The van der Waals surface area contributed by atoms with Crippen LogP contribution in [0.3, 0.4) is 0 Å². The van der Waals surface area contributed by atoms with Crippen molar-refractivity contribution in [2.75, 3.05) is 17.2 Å². The van der Waals surface area contributed by atoms with Crippen molar-refractivity contribution >= 4 is 28.5 Å². The van der Waals surface area contributed by atoms with Crippen LogP contribution in [-0.2, 0) is 9.59 Å². The summed E-state index contributed by atoms with van der Waals surface area (Å²) in [7, 11) is 0. The van der Waals surface area contributed by atoms with Gasteiger partial charge >= 0.3 is 0 Å². The number of hydrogen-bond donors (Lipinski definition) is 0. The number of carbonyl (C=O) groups excluding carboxylic acids is 2. The molecule has 0 N–H and O–H groups in total. The second-order valence-electron chi connectivity index (χ2n) is 6.35. The van der Waals surface area contributed by atoms with E-state index in [0.29, 0.717) is 18.7 Å². The Morgan fingerprint density at radius 3 is 2.50 bits per heavy atom. The topological polar surface area (TPSA) is 42.3 Å². The molecule has 0 saturated carbocycles. The minimum absolute atomic E-state index is 0.112. The second kappa shape index (κ2) is 6.85. The summed E-state index contributed by atoms with van der Waals surface area (Å²) < 4.78 is 2.19. The van der Waals surface area contributed by atoms with E-state index in [2.05, 4.69) is 42.7 Å². The summed E-state index contributed by atoms with van der Waals surface area (Å²) in [5.41, 5.74) is 4.35. The van der Waals surface area contributed by atoms with Crippen LogP contribution in [-0.4, -0.2) is 27.9 Å². The van der Waals surface area contributed by atoms with Gasteiger partial charge in [-0.25, -0.2) is 0 Å². The maximum absolute atomic E-state index is 12.4. The Balaban J connectivity index is 1.82. The van der Waals surface area contributed by atoms with E-state index in [1.54, 1.807) is 6.92 Å². The summed E-state index contributed by atoms with van der Waals surface area (Å²) in [5, 5.41) is 0.112. The molecule has 1 unspecified atom stereocenters. The standard InChI is InChI=1S/C19H22N2O2S/c1-13-7-8-14(2)21(13)18-6-4-5-17(10-18)20-11-16(9-19(20)23)12-24-15(3)22/h4-8,10,16H,9,11-12H2,1-3H3. The number of aromatic nitrogens is 1. The van der Waals surface area contributed by atoms with Gasteiger partial charge in [-0.1, -0.05) is 17.8 Å². The lowest BCUT2D eigenvalue weighted by atomic mass is 10.1. The zero-order valence-corrected chi connectivity index (χ0v) is 15.1. The minimum Gasteiger partial charge on any atom is -0.318 e. The van der Waals surface area contributed by atoms with Crippen molar-refractivity contribution in [1.29, 1.82) is 0 Å². The molecule has 1 fully saturated rings. The van der Waals surface area contributed by atoms with E-state index in [4.69, 9.17) is 0 Å². The number of amides is 1. The first-order valence-electron chi connectivity index (χ1n) is 8.15. The van der Waals surface area contributed by atoms with Crippen LogP contribution in [0.4, 0.5) is 5.69 Å². The second-order valence-corrected chi connectivity index (χ2v) is 7.55. The van der Waals surface area contributed by atoms with E-state index in [1.165, 1.54) is 23.1 Å². The largest absolute Gasteiger partial charge is 0.318 e. The number of aryl methyl sites for hydroxylation is 2. The highest BCUT2D eigenvalue weighted by Gasteiger charge is 2.30. The smallest absolute Gasteiger partial charge is 0.227 e. The van der Waals surface area contributed by atoms with Crippen LogP contribution in [0.2, 0.25) is 0 Å². The molecular weight excluding hydrogens is 320 g/mol. The fourth-order valence-corrected chi connectivity index (χ4v) is 3.95. The molecular formula is C19H22N2O2S. The molecule has 1 aromatic heterocycles. The molecule has 1 amide bonds. The fourth-order valence-electron chi connectivity index (χ4n) is 3.25. The Morgan fingerprint density at radius 2 is 1.83 bits per heavy atom. The number of benzene rings is 1. The van der Waals surface area contributed by atoms with Crippen molar-refractivity contribution in [1.82, 2.24) is 4.57 Å². The Kier molecular flexibility index (Phi) is 4.81. The Morgan fingerprint density at radius 1 is 1.17 bits per heavy atom. The Bertz CT molecular complexity index is 762. The first kappa shape index (κ1) is 16.8. The highest BCUT2D eigenvalue weighted by Crippen LogP contribution is 2.29. The molecule has 1 aliphatic rings. The summed E-state index contributed by atoms with van der Waals surface area (Å²) in [4.78, 5) is 25.4. The van der Waals surface area contributed by atoms with E-state index in [1.807, 2.05) is 17.0 Å². The van der Waals surface area contributed by atoms with Crippen LogP contribution >= 0.6 is 11.8 Å². The quantitative estimate of drug-likeness (QED) is 0.850. The van der Waals surface area contributed by atoms with Gasteiger partial charge in [-0.05, 0) is 50.1 Å². The van der Waals surface area contributed by atoms with Crippen molar-refractivity contribution in [3.05, 3.63) is 47.8 Å². The van der Waals surface area contributed by atoms with Gasteiger partial charge in [-0.15, -0.1) is 0 Å². The van der Waals surface area contributed by atoms with E-state index in [9.17, 15) is 9.59 Å². The molecule has 1 atom stereocenters.